The van der Waals surface area contributed by atoms with Gasteiger partial charge < -0.3 is 29.2 Å². The number of rotatable bonds is 7. The lowest BCUT2D eigenvalue weighted by molar-refractivity contribution is 0.0925. The molecule has 2 aliphatic rings. The number of carbonyl (C=O) groups excluding carboxylic acids is 1. The van der Waals surface area contributed by atoms with E-state index in [1.807, 2.05) is 36.4 Å². The van der Waals surface area contributed by atoms with Gasteiger partial charge in [0.25, 0.3) is 5.91 Å². The van der Waals surface area contributed by atoms with Crippen LogP contribution in [0.3, 0.4) is 0 Å². The molecular weight excluding hydrogens is 464 g/mol. The van der Waals surface area contributed by atoms with Gasteiger partial charge in [-0.1, -0.05) is 6.07 Å². The van der Waals surface area contributed by atoms with Crippen LogP contribution >= 0.6 is 11.3 Å². The number of benzene rings is 2. The molecule has 8 heteroatoms. The van der Waals surface area contributed by atoms with Gasteiger partial charge >= 0.3 is 0 Å². The normalized spacial score (nSPS) is 16.7. The Bertz CT molecular complexity index is 1250. The first-order valence-corrected chi connectivity index (χ1v) is 12.5. The van der Waals surface area contributed by atoms with Gasteiger partial charge in [0, 0.05) is 23.1 Å². The molecule has 1 amide bonds. The van der Waals surface area contributed by atoms with Crippen LogP contribution in [0.25, 0.3) is 0 Å². The number of aryl methyl sites for hydroxylation is 1. The SMILES string of the molecule is COc1ccc([C@@H]2NC(=O)c3c(sc4c3CCCC4)N2Cc2ccc(OC)c(OC)c2)c(OC)c1. The summed E-state index contributed by atoms with van der Waals surface area (Å²) in [6.07, 6.45) is 3.87. The first-order valence-electron chi connectivity index (χ1n) is 11.7. The molecular formula is C27H30N2O5S. The Kier molecular flexibility index (Phi) is 6.47. The highest BCUT2D eigenvalue weighted by atomic mass is 32.1. The third-order valence-electron chi connectivity index (χ3n) is 6.76. The fourth-order valence-electron chi connectivity index (χ4n) is 5.01. The van der Waals surface area contributed by atoms with Gasteiger partial charge in [0.05, 0.1) is 34.0 Å². The molecule has 5 rings (SSSR count). The first kappa shape index (κ1) is 23.4. The maximum atomic E-state index is 13.5. The smallest absolute Gasteiger partial charge is 0.256 e. The summed E-state index contributed by atoms with van der Waals surface area (Å²) >= 11 is 1.75. The molecule has 0 fully saturated rings. The number of nitrogens with one attached hydrogen (secondary N) is 1. The summed E-state index contributed by atoms with van der Waals surface area (Å²) in [6.45, 7) is 0.576. The van der Waals surface area contributed by atoms with Crippen molar-refractivity contribution < 1.29 is 23.7 Å². The molecule has 2 aromatic carbocycles. The Labute approximate surface area is 209 Å². The third-order valence-corrected chi connectivity index (χ3v) is 8.09. The highest BCUT2D eigenvalue weighted by Gasteiger charge is 2.38. The minimum Gasteiger partial charge on any atom is -0.497 e. The first-order chi connectivity index (χ1) is 17.1. The number of hydrogen-bond donors (Lipinski definition) is 1. The van der Waals surface area contributed by atoms with E-state index >= 15 is 0 Å². The largest absolute Gasteiger partial charge is 0.497 e. The van der Waals surface area contributed by atoms with Crippen LogP contribution in [-0.4, -0.2) is 34.3 Å². The highest BCUT2D eigenvalue weighted by molar-refractivity contribution is 7.16. The molecule has 0 saturated heterocycles. The zero-order chi connectivity index (χ0) is 24.5. The molecule has 0 radical (unpaired) electrons. The quantitative estimate of drug-likeness (QED) is 0.492. The number of fused-ring (bicyclic) bond motifs is 3. The van der Waals surface area contributed by atoms with Gasteiger partial charge in [-0.3, -0.25) is 4.79 Å². The molecule has 1 aliphatic heterocycles. The average molecular weight is 495 g/mol. The molecule has 1 aromatic heterocycles. The molecule has 3 aromatic rings. The number of nitrogens with zero attached hydrogens (tertiary/aromatic N) is 1. The van der Waals surface area contributed by atoms with Gasteiger partial charge in [0.2, 0.25) is 0 Å². The Morgan fingerprint density at radius 2 is 1.69 bits per heavy atom. The Morgan fingerprint density at radius 3 is 2.43 bits per heavy atom. The molecule has 2 heterocycles. The van der Waals surface area contributed by atoms with Gasteiger partial charge in [-0.15, -0.1) is 11.3 Å². The number of hydrogen-bond acceptors (Lipinski definition) is 7. The maximum Gasteiger partial charge on any atom is 0.256 e. The Morgan fingerprint density at radius 1 is 0.914 bits per heavy atom. The van der Waals surface area contributed by atoms with Crippen LogP contribution in [0.5, 0.6) is 23.0 Å². The van der Waals surface area contributed by atoms with Crippen LogP contribution in [0.1, 0.15) is 50.9 Å². The molecule has 7 nitrogen and oxygen atoms in total. The molecule has 0 spiro atoms. The summed E-state index contributed by atoms with van der Waals surface area (Å²) in [5.74, 6) is 2.70. The number of anilines is 1. The fourth-order valence-corrected chi connectivity index (χ4v) is 6.42. The number of thiophene rings is 1. The van der Waals surface area contributed by atoms with Crippen molar-refractivity contribution in [1.29, 1.82) is 0 Å². The van der Waals surface area contributed by atoms with E-state index in [2.05, 4.69) is 10.2 Å². The topological polar surface area (TPSA) is 69.3 Å². The van der Waals surface area contributed by atoms with Crippen LogP contribution < -0.4 is 29.2 Å². The number of amides is 1. The second-order valence-electron chi connectivity index (χ2n) is 8.69. The van der Waals surface area contributed by atoms with E-state index in [1.54, 1.807) is 39.8 Å². The van der Waals surface area contributed by atoms with Crippen molar-refractivity contribution in [3.63, 3.8) is 0 Å². The van der Waals surface area contributed by atoms with Gasteiger partial charge in [0.15, 0.2) is 11.5 Å². The fraction of sp³-hybridized carbons (Fsp3) is 0.370. The summed E-state index contributed by atoms with van der Waals surface area (Å²) in [5, 5.41) is 4.29. The van der Waals surface area contributed by atoms with Crippen LogP contribution in [0.4, 0.5) is 5.00 Å². The minimum atomic E-state index is -0.399. The van der Waals surface area contributed by atoms with Crippen LogP contribution in [0.15, 0.2) is 36.4 Å². The molecule has 1 aliphatic carbocycles. The zero-order valence-electron chi connectivity index (χ0n) is 20.5. The van der Waals surface area contributed by atoms with Gasteiger partial charge in [0.1, 0.15) is 22.7 Å². The Hall–Kier alpha value is -3.39. The van der Waals surface area contributed by atoms with Crippen molar-refractivity contribution in [2.75, 3.05) is 33.3 Å². The van der Waals surface area contributed by atoms with Crippen molar-refractivity contribution in [2.24, 2.45) is 0 Å². The van der Waals surface area contributed by atoms with Gasteiger partial charge in [-0.05, 0) is 61.1 Å². The minimum absolute atomic E-state index is 0.0224. The number of methoxy groups -OCH3 is 4. The monoisotopic (exact) mass is 494 g/mol. The predicted molar refractivity (Wildman–Crippen MR) is 136 cm³/mol. The van der Waals surface area contributed by atoms with Crippen LogP contribution in [-0.2, 0) is 19.4 Å². The summed E-state index contributed by atoms with van der Waals surface area (Å²) in [7, 11) is 6.53. The molecule has 1 N–H and O–H groups in total. The zero-order valence-corrected chi connectivity index (χ0v) is 21.3. The summed E-state index contributed by atoms with van der Waals surface area (Å²) in [4.78, 5) is 17.1. The highest BCUT2D eigenvalue weighted by Crippen LogP contribution is 2.47. The Balaban J connectivity index is 1.63. The lowest BCUT2D eigenvalue weighted by atomic mass is 9.93. The van der Waals surface area contributed by atoms with Crippen molar-refractivity contribution in [1.82, 2.24) is 5.32 Å². The van der Waals surface area contributed by atoms with Gasteiger partial charge in [-0.2, -0.15) is 0 Å². The van der Waals surface area contributed by atoms with E-state index in [1.165, 1.54) is 16.9 Å². The molecule has 35 heavy (non-hydrogen) atoms. The standard InChI is InChI=1S/C27H30N2O5S/c1-31-17-10-11-18(21(14-17)33-3)25-28-26(30)24-19-7-5-6-8-23(19)35-27(24)29(25)15-16-9-12-20(32-2)22(13-16)34-4/h9-14,25H,5-8,15H2,1-4H3,(H,28,30)/t25-/m1/s1. The van der Waals surface area contributed by atoms with E-state index < -0.39 is 6.17 Å². The lowest BCUT2D eigenvalue weighted by Crippen LogP contribution is -2.46. The number of carbonyl (C=O) groups is 1. The second kappa shape index (κ2) is 9.70. The molecule has 184 valence electrons. The van der Waals surface area contributed by atoms with Crippen molar-refractivity contribution in [3.05, 3.63) is 63.5 Å². The van der Waals surface area contributed by atoms with Crippen LogP contribution in [0.2, 0.25) is 0 Å². The van der Waals surface area contributed by atoms with E-state index in [0.717, 1.165) is 41.0 Å². The summed E-state index contributed by atoms with van der Waals surface area (Å²) < 4.78 is 22.1. The predicted octanol–water partition coefficient (Wildman–Crippen LogP) is 5.11. The lowest BCUT2D eigenvalue weighted by Gasteiger charge is -2.38. The van der Waals surface area contributed by atoms with Crippen molar-refractivity contribution >= 4 is 22.2 Å². The average Bonchev–Trinajstić information content (AvgIpc) is 3.30. The molecule has 0 saturated carbocycles. The molecule has 0 bridgehead atoms. The van der Waals surface area contributed by atoms with E-state index in [0.29, 0.717) is 29.5 Å². The molecule has 1 atom stereocenters. The van der Waals surface area contributed by atoms with E-state index in [-0.39, 0.29) is 5.91 Å². The number of ether oxygens (including phenoxy) is 4. The molecule has 0 unspecified atom stereocenters. The summed E-state index contributed by atoms with van der Waals surface area (Å²) in [5.41, 5.74) is 3.97. The van der Waals surface area contributed by atoms with Crippen molar-refractivity contribution in [2.45, 2.75) is 38.4 Å². The van der Waals surface area contributed by atoms with E-state index in [9.17, 15) is 4.79 Å². The van der Waals surface area contributed by atoms with Crippen LogP contribution in [0, 0.1) is 0 Å². The second-order valence-corrected chi connectivity index (χ2v) is 9.78. The van der Waals surface area contributed by atoms with Crippen molar-refractivity contribution in [3.8, 4) is 23.0 Å². The third kappa shape index (κ3) is 4.16. The maximum absolute atomic E-state index is 13.5. The summed E-state index contributed by atoms with van der Waals surface area (Å²) in [6, 6.07) is 11.7. The van der Waals surface area contributed by atoms with Gasteiger partial charge in [-0.25, -0.2) is 0 Å². The van der Waals surface area contributed by atoms with E-state index in [4.69, 9.17) is 18.9 Å².